The minimum Gasteiger partial charge on any atom is -0.307 e. The SMILES string of the molecule is CC(C)c1cc(C(C)C)c(S(=O)(=O)NC2CC(C)(C)NC(C)(C)C2)c(C(C)C)c1. The Hall–Kier alpha value is -0.910. The molecule has 2 rings (SSSR count). The van der Waals surface area contributed by atoms with E-state index in [2.05, 4.69) is 91.4 Å². The van der Waals surface area contributed by atoms with Crippen LogP contribution in [0, 0.1) is 0 Å². The number of hydrogen-bond acceptors (Lipinski definition) is 3. The van der Waals surface area contributed by atoms with Crippen LogP contribution in [0.15, 0.2) is 17.0 Å². The van der Waals surface area contributed by atoms with Crippen molar-refractivity contribution in [3.8, 4) is 0 Å². The van der Waals surface area contributed by atoms with Crippen LogP contribution in [0.5, 0.6) is 0 Å². The molecule has 0 unspecified atom stereocenters. The van der Waals surface area contributed by atoms with Crippen molar-refractivity contribution in [2.75, 3.05) is 0 Å². The Bertz CT molecular complexity index is 791. The van der Waals surface area contributed by atoms with Crippen molar-refractivity contribution in [1.29, 1.82) is 0 Å². The van der Waals surface area contributed by atoms with Gasteiger partial charge in [0.25, 0.3) is 0 Å². The summed E-state index contributed by atoms with van der Waals surface area (Å²) < 4.78 is 30.5. The van der Waals surface area contributed by atoms with Gasteiger partial charge in [-0.15, -0.1) is 0 Å². The first-order valence-corrected chi connectivity index (χ1v) is 12.5. The number of benzene rings is 1. The van der Waals surface area contributed by atoms with Crippen molar-refractivity contribution in [2.45, 2.75) is 122 Å². The quantitative estimate of drug-likeness (QED) is 0.623. The molecule has 0 amide bonds. The van der Waals surface area contributed by atoms with Gasteiger partial charge in [-0.1, -0.05) is 53.7 Å². The predicted molar refractivity (Wildman–Crippen MR) is 123 cm³/mol. The summed E-state index contributed by atoms with van der Waals surface area (Å²) in [5.74, 6) is 0.637. The van der Waals surface area contributed by atoms with Gasteiger partial charge in [0.2, 0.25) is 10.0 Å². The van der Waals surface area contributed by atoms with Crippen molar-refractivity contribution in [1.82, 2.24) is 10.0 Å². The van der Waals surface area contributed by atoms with Crippen LogP contribution in [0.3, 0.4) is 0 Å². The molecule has 29 heavy (non-hydrogen) atoms. The number of piperidine rings is 1. The fourth-order valence-corrected chi connectivity index (χ4v) is 6.82. The van der Waals surface area contributed by atoms with Gasteiger partial charge in [0, 0.05) is 17.1 Å². The smallest absolute Gasteiger partial charge is 0.241 e. The lowest BCUT2D eigenvalue weighted by Gasteiger charge is -2.46. The van der Waals surface area contributed by atoms with Crippen molar-refractivity contribution in [3.05, 3.63) is 28.8 Å². The number of sulfonamides is 1. The summed E-state index contributed by atoms with van der Waals surface area (Å²) in [7, 11) is -3.63. The van der Waals surface area contributed by atoms with Crippen molar-refractivity contribution in [2.24, 2.45) is 0 Å². The lowest BCUT2D eigenvalue weighted by molar-refractivity contribution is 0.157. The minimum atomic E-state index is -3.63. The summed E-state index contributed by atoms with van der Waals surface area (Å²) in [6, 6.07) is 4.12. The van der Waals surface area contributed by atoms with Gasteiger partial charge in [-0.25, -0.2) is 13.1 Å². The first-order valence-electron chi connectivity index (χ1n) is 11.0. The van der Waals surface area contributed by atoms with Crippen LogP contribution in [0.1, 0.15) is 117 Å². The first-order chi connectivity index (χ1) is 13.0. The summed E-state index contributed by atoms with van der Waals surface area (Å²) in [5, 5.41) is 3.63. The van der Waals surface area contributed by atoms with Gasteiger partial charge in [0.1, 0.15) is 0 Å². The topological polar surface area (TPSA) is 58.2 Å². The molecule has 1 heterocycles. The molecule has 166 valence electrons. The molecular weight excluding hydrogens is 380 g/mol. The van der Waals surface area contributed by atoms with Crippen LogP contribution >= 0.6 is 0 Å². The summed E-state index contributed by atoms with van der Waals surface area (Å²) in [6.45, 7) is 21.2. The van der Waals surface area contributed by atoms with E-state index in [0.717, 1.165) is 24.0 Å². The Morgan fingerprint density at radius 2 is 1.28 bits per heavy atom. The van der Waals surface area contributed by atoms with Gasteiger partial charge in [0.15, 0.2) is 0 Å². The van der Waals surface area contributed by atoms with E-state index in [1.165, 1.54) is 5.56 Å². The predicted octanol–water partition coefficient (Wildman–Crippen LogP) is 5.64. The van der Waals surface area contributed by atoms with Crippen molar-refractivity contribution in [3.63, 3.8) is 0 Å². The second-order valence-electron chi connectivity index (χ2n) is 11.1. The Balaban J connectivity index is 2.56. The molecule has 0 aliphatic carbocycles. The van der Waals surface area contributed by atoms with Crippen LogP contribution in [0.25, 0.3) is 0 Å². The second kappa shape index (κ2) is 8.32. The minimum absolute atomic E-state index is 0.0870. The lowest BCUT2D eigenvalue weighted by atomic mass is 9.80. The Labute approximate surface area is 179 Å². The summed E-state index contributed by atoms with van der Waals surface area (Å²) in [5.41, 5.74) is 2.84. The fourth-order valence-electron chi connectivity index (χ4n) is 4.88. The molecule has 0 spiro atoms. The molecular formula is C24H42N2O2S. The highest BCUT2D eigenvalue weighted by molar-refractivity contribution is 7.89. The third-order valence-electron chi connectivity index (χ3n) is 5.86. The lowest BCUT2D eigenvalue weighted by Crippen LogP contribution is -2.62. The van der Waals surface area contributed by atoms with E-state index in [1.54, 1.807) is 0 Å². The molecule has 0 atom stereocenters. The summed E-state index contributed by atoms with van der Waals surface area (Å²) in [6.07, 6.45) is 1.54. The zero-order valence-corrected chi connectivity index (χ0v) is 20.9. The Morgan fingerprint density at radius 1 is 0.862 bits per heavy atom. The number of hydrogen-bond donors (Lipinski definition) is 2. The molecule has 0 bridgehead atoms. The highest BCUT2D eigenvalue weighted by Gasteiger charge is 2.40. The molecule has 1 fully saturated rings. The average molecular weight is 423 g/mol. The summed E-state index contributed by atoms with van der Waals surface area (Å²) in [4.78, 5) is 0.501. The van der Waals surface area contributed by atoms with Gasteiger partial charge in [0.05, 0.1) is 4.90 Å². The molecule has 5 heteroatoms. The molecule has 1 aromatic carbocycles. The van der Waals surface area contributed by atoms with E-state index >= 15 is 0 Å². The van der Waals surface area contributed by atoms with Crippen LogP contribution in [0.4, 0.5) is 0 Å². The van der Waals surface area contributed by atoms with E-state index in [0.29, 0.717) is 10.8 Å². The van der Waals surface area contributed by atoms with E-state index in [4.69, 9.17) is 0 Å². The third kappa shape index (κ3) is 5.83. The molecule has 1 saturated heterocycles. The van der Waals surface area contributed by atoms with E-state index in [-0.39, 0.29) is 29.0 Å². The zero-order valence-electron chi connectivity index (χ0n) is 20.1. The third-order valence-corrected chi connectivity index (χ3v) is 7.51. The highest BCUT2D eigenvalue weighted by atomic mass is 32.2. The molecule has 0 radical (unpaired) electrons. The first kappa shape index (κ1) is 24.4. The van der Waals surface area contributed by atoms with Crippen LogP contribution in [-0.2, 0) is 10.0 Å². The van der Waals surface area contributed by atoms with Gasteiger partial charge in [-0.2, -0.15) is 0 Å². The molecule has 1 aliphatic rings. The van der Waals surface area contributed by atoms with Gasteiger partial charge in [-0.05, 0) is 75.0 Å². The Kier molecular flexibility index (Phi) is 6.99. The molecule has 4 nitrogen and oxygen atoms in total. The maximum Gasteiger partial charge on any atom is 0.241 e. The van der Waals surface area contributed by atoms with Crippen LogP contribution in [-0.4, -0.2) is 25.5 Å². The zero-order chi connectivity index (χ0) is 22.4. The van der Waals surface area contributed by atoms with Crippen LogP contribution in [0.2, 0.25) is 0 Å². The van der Waals surface area contributed by atoms with E-state index < -0.39 is 10.0 Å². The standard InChI is InChI=1S/C24H42N2O2S/c1-15(2)18-11-20(16(3)4)22(21(12-18)17(5)6)29(27,28)25-19-13-23(7,8)26-24(9,10)14-19/h11-12,15-17,19,25-26H,13-14H2,1-10H3. The van der Waals surface area contributed by atoms with E-state index in [1.807, 2.05) is 0 Å². The second-order valence-corrected chi connectivity index (χ2v) is 12.8. The maximum atomic E-state index is 13.7. The largest absolute Gasteiger partial charge is 0.307 e. The van der Waals surface area contributed by atoms with Gasteiger partial charge in [-0.3, -0.25) is 0 Å². The summed E-state index contributed by atoms with van der Waals surface area (Å²) >= 11 is 0. The average Bonchev–Trinajstić information content (AvgIpc) is 2.49. The molecule has 2 N–H and O–H groups in total. The molecule has 0 saturated carbocycles. The molecule has 0 aromatic heterocycles. The number of rotatable bonds is 6. The monoisotopic (exact) mass is 422 g/mol. The van der Waals surface area contributed by atoms with Crippen molar-refractivity contribution < 1.29 is 8.42 Å². The van der Waals surface area contributed by atoms with Gasteiger partial charge < -0.3 is 5.32 Å². The van der Waals surface area contributed by atoms with Crippen molar-refractivity contribution >= 4 is 10.0 Å². The van der Waals surface area contributed by atoms with Crippen LogP contribution < -0.4 is 10.0 Å². The highest BCUT2D eigenvalue weighted by Crippen LogP contribution is 2.36. The maximum absolute atomic E-state index is 13.7. The fraction of sp³-hybridized carbons (Fsp3) is 0.750. The normalized spacial score (nSPS) is 20.0. The molecule has 1 aliphatic heterocycles. The van der Waals surface area contributed by atoms with E-state index in [9.17, 15) is 8.42 Å². The van der Waals surface area contributed by atoms with Gasteiger partial charge >= 0.3 is 0 Å². The Morgan fingerprint density at radius 3 is 1.62 bits per heavy atom. The molecule has 1 aromatic rings. The number of nitrogens with one attached hydrogen (secondary N) is 2.